The largest absolute Gasteiger partial charge is 0.494 e. The zero-order valence-corrected chi connectivity index (χ0v) is 8.84. The van der Waals surface area contributed by atoms with Crippen LogP contribution in [-0.4, -0.2) is 18.9 Å². The van der Waals surface area contributed by atoms with Gasteiger partial charge in [-0.3, -0.25) is 4.79 Å². The summed E-state index contributed by atoms with van der Waals surface area (Å²) in [6.45, 7) is 2.53. The van der Waals surface area contributed by atoms with Crippen LogP contribution < -0.4 is 10.5 Å². The van der Waals surface area contributed by atoms with Crippen molar-refractivity contribution in [3.05, 3.63) is 29.8 Å². The molecule has 3 nitrogen and oxygen atoms in total. The first-order valence-electron chi connectivity index (χ1n) is 4.24. The number of ketones is 1. The second kappa shape index (κ2) is 6.40. The lowest BCUT2D eigenvalue weighted by Gasteiger charge is -2.03. The highest BCUT2D eigenvalue weighted by molar-refractivity contribution is 5.97. The molecule has 0 bridgehead atoms. The van der Waals surface area contributed by atoms with Gasteiger partial charge in [0.2, 0.25) is 0 Å². The third-order valence-corrected chi connectivity index (χ3v) is 1.65. The highest BCUT2D eigenvalue weighted by Crippen LogP contribution is 2.13. The lowest BCUT2D eigenvalue weighted by molar-refractivity contribution is 0.100. The first-order chi connectivity index (χ1) is 6.27. The smallest absolute Gasteiger partial charge is 0.176 e. The Kier molecular flexibility index (Phi) is 5.92. The molecular weight excluding hydrogens is 202 g/mol. The van der Waals surface area contributed by atoms with Crippen molar-refractivity contribution in [1.82, 2.24) is 0 Å². The Balaban J connectivity index is 0.00000169. The quantitative estimate of drug-likeness (QED) is 0.778. The van der Waals surface area contributed by atoms with E-state index in [1.807, 2.05) is 13.0 Å². The van der Waals surface area contributed by atoms with E-state index in [-0.39, 0.29) is 24.7 Å². The van der Waals surface area contributed by atoms with Crippen LogP contribution >= 0.6 is 12.4 Å². The molecular formula is C10H14ClNO2. The van der Waals surface area contributed by atoms with Crippen LogP contribution in [0.5, 0.6) is 5.75 Å². The van der Waals surface area contributed by atoms with Crippen LogP contribution in [0.15, 0.2) is 24.3 Å². The third-order valence-electron chi connectivity index (χ3n) is 1.65. The highest BCUT2D eigenvalue weighted by Gasteiger charge is 2.03. The predicted molar refractivity (Wildman–Crippen MR) is 58.2 cm³/mol. The average molecular weight is 216 g/mol. The summed E-state index contributed by atoms with van der Waals surface area (Å²) in [6, 6.07) is 7.04. The molecule has 1 aromatic carbocycles. The van der Waals surface area contributed by atoms with Crippen LogP contribution in [0.2, 0.25) is 0 Å². The number of rotatable bonds is 4. The molecule has 14 heavy (non-hydrogen) atoms. The van der Waals surface area contributed by atoms with Gasteiger partial charge in [-0.25, -0.2) is 0 Å². The molecule has 0 amide bonds. The Hall–Kier alpha value is -1.06. The van der Waals surface area contributed by atoms with Crippen molar-refractivity contribution in [2.24, 2.45) is 5.73 Å². The molecule has 78 valence electrons. The van der Waals surface area contributed by atoms with Gasteiger partial charge in [-0.2, -0.15) is 0 Å². The molecule has 0 heterocycles. The van der Waals surface area contributed by atoms with Crippen LogP contribution in [0.1, 0.15) is 17.3 Å². The summed E-state index contributed by atoms with van der Waals surface area (Å²) in [5.74, 6) is 0.642. The summed E-state index contributed by atoms with van der Waals surface area (Å²) in [7, 11) is 0. The second-order valence-corrected chi connectivity index (χ2v) is 2.59. The zero-order chi connectivity index (χ0) is 9.68. The minimum absolute atomic E-state index is 0. The minimum atomic E-state index is -0.0680. The van der Waals surface area contributed by atoms with Crippen LogP contribution in [0, 0.1) is 0 Å². The van der Waals surface area contributed by atoms with Crippen molar-refractivity contribution in [3.63, 3.8) is 0 Å². The summed E-state index contributed by atoms with van der Waals surface area (Å²) in [6.07, 6.45) is 0. The molecule has 0 aromatic heterocycles. The number of carbonyl (C=O) groups is 1. The molecule has 0 atom stereocenters. The van der Waals surface area contributed by atoms with E-state index < -0.39 is 0 Å². The van der Waals surface area contributed by atoms with E-state index in [2.05, 4.69) is 0 Å². The van der Waals surface area contributed by atoms with E-state index in [1.165, 1.54) is 0 Å². The SMILES string of the molecule is CCOc1cccc(C(=O)CN)c1.Cl. The van der Waals surface area contributed by atoms with Crippen molar-refractivity contribution >= 4 is 18.2 Å². The Bertz CT molecular complexity index is 302. The molecule has 0 unspecified atom stereocenters. The molecule has 1 rings (SSSR count). The molecule has 0 fully saturated rings. The lowest BCUT2D eigenvalue weighted by atomic mass is 10.1. The van der Waals surface area contributed by atoms with Crippen LogP contribution in [0.4, 0.5) is 0 Å². The summed E-state index contributed by atoms with van der Waals surface area (Å²) in [5.41, 5.74) is 5.84. The maximum Gasteiger partial charge on any atom is 0.176 e. The van der Waals surface area contributed by atoms with E-state index in [9.17, 15) is 4.79 Å². The maximum absolute atomic E-state index is 11.2. The number of benzene rings is 1. The first kappa shape index (κ1) is 12.9. The average Bonchev–Trinajstić information content (AvgIpc) is 2.18. The summed E-state index contributed by atoms with van der Waals surface area (Å²) in [5, 5.41) is 0. The first-order valence-corrected chi connectivity index (χ1v) is 4.24. The van der Waals surface area contributed by atoms with Crippen molar-refractivity contribution in [2.45, 2.75) is 6.92 Å². The van der Waals surface area contributed by atoms with E-state index in [0.717, 1.165) is 0 Å². The van der Waals surface area contributed by atoms with Gasteiger partial charge in [0.1, 0.15) is 5.75 Å². The Labute approximate surface area is 89.7 Å². The number of carbonyl (C=O) groups excluding carboxylic acids is 1. The van der Waals surface area contributed by atoms with Crippen molar-refractivity contribution in [1.29, 1.82) is 0 Å². The third kappa shape index (κ3) is 3.36. The summed E-state index contributed by atoms with van der Waals surface area (Å²) in [4.78, 5) is 11.2. The molecule has 0 aliphatic carbocycles. The van der Waals surface area contributed by atoms with Gasteiger partial charge < -0.3 is 10.5 Å². The maximum atomic E-state index is 11.2. The number of hydrogen-bond donors (Lipinski definition) is 1. The molecule has 0 radical (unpaired) electrons. The van der Waals surface area contributed by atoms with Crippen LogP contribution in [0.3, 0.4) is 0 Å². The van der Waals surface area contributed by atoms with E-state index in [4.69, 9.17) is 10.5 Å². The Morgan fingerprint density at radius 2 is 2.21 bits per heavy atom. The fourth-order valence-electron chi connectivity index (χ4n) is 1.04. The Morgan fingerprint density at radius 3 is 2.79 bits per heavy atom. The summed E-state index contributed by atoms with van der Waals surface area (Å²) < 4.78 is 5.25. The Morgan fingerprint density at radius 1 is 1.50 bits per heavy atom. The monoisotopic (exact) mass is 215 g/mol. The molecule has 0 saturated heterocycles. The molecule has 4 heteroatoms. The van der Waals surface area contributed by atoms with E-state index in [1.54, 1.807) is 18.2 Å². The summed E-state index contributed by atoms with van der Waals surface area (Å²) >= 11 is 0. The van der Waals surface area contributed by atoms with E-state index in [0.29, 0.717) is 17.9 Å². The number of ether oxygens (including phenoxy) is 1. The molecule has 0 aliphatic heterocycles. The topological polar surface area (TPSA) is 52.3 Å². The van der Waals surface area contributed by atoms with Crippen molar-refractivity contribution in [2.75, 3.05) is 13.2 Å². The predicted octanol–water partition coefficient (Wildman–Crippen LogP) is 1.65. The fourth-order valence-corrected chi connectivity index (χ4v) is 1.04. The van der Waals surface area contributed by atoms with E-state index >= 15 is 0 Å². The second-order valence-electron chi connectivity index (χ2n) is 2.59. The number of Topliss-reactive ketones (excluding diaryl/α,β-unsaturated/α-hetero) is 1. The van der Waals surface area contributed by atoms with Crippen molar-refractivity contribution in [3.8, 4) is 5.75 Å². The molecule has 2 N–H and O–H groups in total. The van der Waals surface area contributed by atoms with Gasteiger partial charge in [0.25, 0.3) is 0 Å². The standard InChI is InChI=1S/C10H13NO2.ClH/c1-2-13-9-5-3-4-8(6-9)10(12)7-11;/h3-6H,2,7,11H2,1H3;1H. The molecule has 0 saturated carbocycles. The van der Waals surface area contributed by atoms with Gasteiger partial charge in [-0.15, -0.1) is 12.4 Å². The molecule has 1 aromatic rings. The van der Waals surface area contributed by atoms with Gasteiger partial charge in [0, 0.05) is 5.56 Å². The fraction of sp³-hybridized carbons (Fsp3) is 0.300. The minimum Gasteiger partial charge on any atom is -0.494 e. The van der Waals surface area contributed by atoms with Crippen LogP contribution in [-0.2, 0) is 0 Å². The van der Waals surface area contributed by atoms with Crippen LogP contribution in [0.25, 0.3) is 0 Å². The molecule has 0 aliphatic rings. The van der Waals surface area contributed by atoms with Gasteiger partial charge in [0.05, 0.1) is 13.2 Å². The molecule has 0 spiro atoms. The van der Waals surface area contributed by atoms with Gasteiger partial charge in [-0.05, 0) is 19.1 Å². The van der Waals surface area contributed by atoms with Gasteiger partial charge >= 0.3 is 0 Å². The zero-order valence-electron chi connectivity index (χ0n) is 8.03. The van der Waals surface area contributed by atoms with Gasteiger partial charge in [-0.1, -0.05) is 12.1 Å². The number of nitrogens with two attached hydrogens (primary N) is 1. The highest BCUT2D eigenvalue weighted by atomic mass is 35.5. The normalized spacial score (nSPS) is 9.00. The lowest BCUT2D eigenvalue weighted by Crippen LogP contribution is -2.13. The number of hydrogen-bond acceptors (Lipinski definition) is 3. The number of halogens is 1. The van der Waals surface area contributed by atoms with Crippen molar-refractivity contribution < 1.29 is 9.53 Å². The van der Waals surface area contributed by atoms with Gasteiger partial charge in [0.15, 0.2) is 5.78 Å².